The lowest BCUT2D eigenvalue weighted by Crippen LogP contribution is -2.60. The van der Waals surface area contributed by atoms with Gasteiger partial charge in [-0.25, -0.2) is 0 Å². The monoisotopic (exact) mass is 662 g/mol. The van der Waals surface area contributed by atoms with E-state index < -0.39 is 45.2 Å². The second-order valence-corrected chi connectivity index (χ2v) is 12.4. The fourth-order valence-electron chi connectivity index (χ4n) is 6.44. The number of phenolic OH excluding ortho intramolecular Hbond substituents is 1. The number of benzene rings is 1. The van der Waals surface area contributed by atoms with Gasteiger partial charge in [0.05, 0.1) is 23.4 Å². The summed E-state index contributed by atoms with van der Waals surface area (Å²) in [6.45, 7) is 1.98. The number of amides is 4. The predicted octanol–water partition coefficient (Wildman–Crippen LogP) is 3.93. The summed E-state index contributed by atoms with van der Waals surface area (Å²) in [4.78, 5) is 51.8. The number of imide groups is 2. The Kier molecular flexibility index (Phi) is 6.10. The number of likely N-dealkylation sites (tertiary alicyclic amines) is 2. The van der Waals surface area contributed by atoms with Gasteiger partial charge in [-0.2, -0.15) is 0 Å². The maximum atomic E-state index is 13.6. The summed E-state index contributed by atoms with van der Waals surface area (Å²) in [5.74, 6) is -4.75. The SMILES string of the molecule is CCN1C(=O)[C@H]2[C@H](CC=C3[C@H]2C[C@@]2(Cl)C(=O)N(C)C(=O)[C@@]2(Cl)[C@H]3c2cc(OC)c(O)c(Br)c2Br)C1=O. The fraction of sp³-hybridized carbons (Fsp3) is 0.500. The molecule has 2 aliphatic heterocycles. The van der Waals surface area contributed by atoms with Crippen LogP contribution >= 0.6 is 55.1 Å². The second kappa shape index (κ2) is 8.44. The van der Waals surface area contributed by atoms with Crippen molar-refractivity contribution < 1.29 is 29.0 Å². The third-order valence-electron chi connectivity index (χ3n) is 8.13. The van der Waals surface area contributed by atoms with E-state index in [9.17, 15) is 24.3 Å². The number of rotatable bonds is 3. The predicted molar refractivity (Wildman–Crippen MR) is 138 cm³/mol. The maximum absolute atomic E-state index is 13.6. The van der Waals surface area contributed by atoms with Gasteiger partial charge in [-0.15, -0.1) is 23.2 Å². The Morgan fingerprint density at radius 1 is 1.11 bits per heavy atom. The van der Waals surface area contributed by atoms with Gasteiger partial charge >= 0.3 is 0 Å². The molecule has 2 saturated heterocycles. The molecule has 192 valence electrons. The number of hydrogen-bond donors (Lipinski definition) is 1. The summed E-state index contributed by atoms with van der Waals surface area (Å²) in [7, 11) is 2.72. The van der Waals surface area contributed by atoms with E-state index in [1.165, 1.54) is 19.1 Å². The van der Waals surface area contributed by atoms with Gasteiger partial charge in [-0.05, 0) is 69.2 Å². The molecule has 2 heterocycles. The molecule has 1 aromatic carbocycles. The van der Waals surface area contributed by atoms with E-state index in [2.05, 4.69) is 31.9 Å². The van der Waals surface area contributed by atoms with Crippen molar-refractivity contribution in [1.29, 1.82) is 0 Å². The highest BCUT2D eigenvalue weighted by atomic mass is 79.9. The van der Waals surface area contributed by atoms with Crippen LogP contribution < -0.4 is 4.74 Å². The zero-order chi connectivity index (χ0) is 26.5. The number of nitrogens with zero attached hydrogens (tertiary/aromatic N) is 2. The summed E-state index contributed by atoms with van der Waals surface area (Å²) >= 11 is 21.1. The molecular formula is C24H22Br2Cl2N2O6. The molecule has 4 aliphatic rings. The molecule has 6 atom stereocenters. The molecule has 36 heavy (non-hydrogen) atoms. The number of allylic oxidation sites excluding steroid dienone is 2. The van der Waals surface area contributed by atoms with Crippen LogP contribution in [0.3, 0.4) is 0 Å². The topological polar surface area (TPSA) is 104 Å². The molecule has 0 radical (unpaired) electrons. The van der Waals surface area contributed by atoms with Crippen molar-refractivity contribution in [2.45, 2.75) is 35.4 Å². The van der Waals surface area contributed by atoms with E-state index in [4.69, 9.17) is 27.9 Å². The second-order valence-electron chi connectivity index (χ2n) is 9.56. The van der Waals surface area contributed by atoms with Crippen LogP contribution in [-0.2, 0) is 19.2 Å². The van der Waals surface area contributed by atoms with E-state index >= 15 is 0 Å². The van der Waals surface area contributed by atoms with Crippen molar-refractivity contribution in [3.63, 3.8) is 0 Å². The molecule has 1 aromatic rings. The Bertz CT molecular complexity index is 1290. The number of carbonyl (C=O) groups excluding carboxylic acids is 4. The standard InChI is InChI=1S/C24H22Br2Cl2N2O6/c1-4-30-19(32)10-6-5-9-12(14(10)20(30)33)8-23(27)21(34)29(2)22(35)24(23,28)15(9)11-7-13(36-3)18(31)17(26)16(11)25/h5,7,10,12,14-15,31H,4,6,8H2,1-3H3/t10-,12+,14-,15+,23+,24-/m0/s1. The highest BCUT2D eigenvalue weighted by Crippen LogP contribution is 2.66. The first-order valence-corrected chi connectivity index (χ1v) is 13.7. The fourth-order valence-corrected chi connectivity index (χ4v) is 8.41. The summed E-state index contributed by atoms with van der Waals surface area (Å²) in [5.41, 5.74) is 1.12. The number of hydrogen-bond acceptors (Lipinski definition) is 6. The number of fused-ring (bicyclic) bond motifs is 4. The van der Waals surface area contributed by atoms with Crippen molar-refractivity contribution in [3.8, 4) is 11.5 Å². The Morgan fingerprint density at radius 2 is 1.78 bits per heavy atom. The molecule has 5 rings (SSSR count). The minimum atomic E-state index is -1.92. The quantitative estimate of drug-likeness (QED) is 0.299. The minimum absolute atomic E-state index is 0.0684. The van der Waals surface area contributed by atoms with Gasteiger partial charge in [0.25, 0.3) is 11.8 Å². The average Bonchev–Trinajstić information content (AvgIpc) is 3.18. The summed E-state index contributed by atoms with van der Waals surface area (Å²) in [6.07, 6.45) is 2.08. The van der Waals surface area contributed by atoms with E-state index in [1.54, 1.807) is 13.0 Å². The maximum Gasteiger partial charge on any atom is 0.253 e. The van der Waals surface area contributed by atoms with Crippen LogP contribution in [0, 0.1) is 17.8 Å². The molecular weight excluding hydrogens is 643 g/mol. The van der Waals surface area contributed by atoms with Gasteiger partial charge in [0.15, 0.2) is 21.2 Å². The van der Waals surface area contributed by atoms with E-state index in [0.717, 1.165) is 4.90 Å². The third-order valence-corrected chi connectivity index (χ3v) is 11.7. The highest BCUT2D eigenvalue weighted by molar-refractivity contribution is 9.13. The molecule has 0 bridgehead atoms. The van der Waals surface area contributed by atoms with Crippen LogP contribution in [0.1, 0.15) is 31.2 Å². The normalized spacial score (nSPS) is 35.6. The van der Waals surface area contributed by atoms with Crippen molar-refractivity contribution in [2.24, 2.45) is 17.8 Å². The Balaban J connectivity index is 1.80. The Morgan fingerprint density at radius 3 is 2.39 bits per heavy atom. The Hall–Kier alpha value is -1.62. The third kappa shape index (κ3) is 2.98. The van der Waals surface area contributed by atoms with Crippen LogP contribution in [0.25, 0.3) is 0 Å². The van der Waals surface area contributed by atoms with Crippen molar-refractivity contribution >= 4 is 78.7 Å². The average molecular weight is 665 g/mol. The number of alkyl halides is 2. The molecule has 2 aliphatic carbocycles. The minimum Gasteiger partial charge on any atom is -0.503 e. The molecule has 1 saturated carbocycles. The van der Waals surface area contributed by atoms with Gasteiger partial charge in [0, 0.05) is 24.0 Å². The molecule has 4 amide bonds. The van der Waals surface area contributed by atoms with Gasteiger partial charge in [-0.1, -0.05) is 11.6 Å². The van der Waals surface area contributed by atoms with Crippen LogP contribution in [-0.4, -0.2) is 69.0 Å². The van der Waals surface area contributed by atoms with Gasteiger partial charge in [0.2, 0.25) is 11.8 Å². The van der Waals surface area contributed by atoms with Crippen LogP contribution in [0.4, 0.5) is 0 Å². The summed E-state index contributed by atoms with van der Waals surface area (Å²) < 4.78 is 6.01. The first-order valence-electron chi connectivity index (χ1n) is 11.4. The van der Waals surface area contributed by atoms with Crippen LogP contribution in [0.15, 0.2) is 26.7 Å². The molecule has 0 unspecified atom stereocenters. The van der Waals surface area contributed by atoms with Gasteiger partial charge in [0.1, 0.15) is 0 Å². The molecule has 0 spiro atoms. The van der Waals surface area contributed by atoms with Crippen molar-refractivity contribution in [1.82, 2.24) is 9.80 Å². The molecule has 1 N–H and O–H groups in total. The Labute approximate surface area is 234 Å². The van der Waals surface area contributed by atoms with E-state index in [-0.39, 0.29) is 40.8 Å². The lowest BCUT2D eigenvalue weighted by atomic mass is 9.56. The van der Waals surface area contributed by atoms with Crippen LogP contribution in [0.2, 0.25) is 0 Å². The van der Waals surface area contributed by atoms with Crippen molar-refractivity contribution in [3.05, 3.63) is 32.2 Å². The number of methoxy groups -OCH3 is 1. The molecule has 12 heteroatoms. The molecule has 3 fully saturated rings. The number of halogens is 4. The zero-order valence-corrected chi connectivity index (χ0v) is 24.2. The molecule has 8 nitrogen and oxygen atoms in total. The number of ether oxygens (including phenoxy) is 1. The van der Waals surface area contributed by atoms with E-state index in [1.807, 2.05) is 6.08 Å². The largest absolute Gasteiger partial charge is 0.503 e. The summed E-state index contributed by atoms with van der Waals surface area (Å²) in [5, 5.41) is 10.5. The number of carbonyl (C=O) groups is 4. The van der Waals surface area contributed by atoms with E-state index in [0.29, 0.717) is 22.0 Å². The number of phenols is 1. The first-order chi connectivity index (χ1) is 16.9. The van der Waals surface area contributed by atoms with Crippen molar-refractivity contribution in [2.75, 3.05) is 20.7 Å². The lowest BCUT2D eigenvalue weighted by Gasteiger charge is -2.51. The van der Waals surface area contributed by atoms with Gasteiger partial charge in [-0.3, -0.25) is 29.0 Å². The zero-order valence-electron chi connectivity index (χ0n) is 19.5. The summed E-state index contributed by atoms with van der Waals surface area (Å²) in [6, 6.07) is 1.54. The smallest absolute Gasteiger partial charge is 0.253 e. The first kappa shape index (κ1) is 26.0. The highest BCUT2D eigenvalue weighted by Gasteiger charge is 2.76. The van der Waals surface area contributed by atoms with Gasteiger partial charge < -0.3 is 9.84 Å². The number of aromatic hydroxyl groups is 1. The van der Waals surface area contributed by atoms with Crippen LogP contribution in [0.5, 0.6) is 11.5 Å². The lowest BCUT2D eigenvalue weighted by molar-refractivity contribution is -0.141. The molecule has 0 aromatic heterocycles.